The smallest absolute Gasteiger partial charge is 0.255 e. The van der Waals surface area contributed by atoms with Gasteiger partial charge in [0.25, 0.3) is 5.91 Å². The summed E-state index contributed by atoms with van der Waals surface area (Å²) in [5.41, 5.74) is 7.00. The topological polar surface area (TPSA) is 49.6 Å². The lowest BCUT2D eigenvalue weighted by Gasteiger charge is -2.20. The van der Waals surface area contributed by atoms with E-state index in [0.717, 1.165) is 19.5 Å². The Balaban J connectivity index is 2.10. The van der Waals surface area contributed by atoms with Crippen LogP contribution in [0.4, 0.5) is 5.69 Å². The van der Waals surface area contributed by atoms with Crippen molar-refractivity contribution in [2.45, 2.75) is 12.5 Å². The summed E-state index contributed by atoms with van der Waals surface area (Å²) in [6.45, 7) is 1.61. The molecule has 1 aromatic carbocycles. The Morgan fingerprint density at radius 1 is 1.41 bits per heavy atom. The van der Waals surface area contributed by atoms with E-state index in [0.29, 0.717) is 17.3 Å². The minimum absolute atomic E-state index is 0.0486. The predicted molar refractivity (Wildman–Crippen MR) is 68.8 cm³/mol. The Bertz CT molecular complexity index is 417. The fourth-order valence-corrected chi connectivity index (χ4v) is 2.21. The average Bonchev–Trinajstić information content (AvgIpc) is 2.78. The van der Waals surface area contributed by atoms with Gasteiger partial charge in [-0.15, -0.1) is 0 Å². The molecule has 1 unspecified atom stereocenters. The molecule has 1 fully saturated rings. The Morgan fingerprint density at radius 3 is 2.71 bits per heavy atom. The molecule has 17 heavy (non-hydrogen) atoms. The zero-order chi connectivity index (χ0) is 12.4. The molecular formula is C13H19N3O. The number of amides is 1. The van der Waals surface area contributed by atoms with Crippen molar-refractivity contribution in [2.24, 2.45) is 0 Å². The van der Waals surface area contributed by atoms with E-state index >= 15 is 0 Å². The highest BCUT2D eigenvalue weighted by Gasteiger charge is 2.28. The zero-order valence-electron chi connectivity index (χ0n) is 10.4. The van der Waals surface area contributed by atoms with Crippen LogP contribution in [0.25, 0.3) is 0 Å². The molecule has 0 aliphatic carbocycles. The van der Waals surface area contributed by atoms with E-state index in [-0.39, 0.29) is 5.91 Å². The lowest BCUT2D eigenvalue weighted by molar-refractivity contribution is 0.0784. The minimum atomic E-state index is 0.0486. The molecule has 1 aliphatic heterocycles. The van der Waals surface area contributed by atoms with Crippen molar-refractivity contribution in [1.29, 1.82) is 0 Å². The molecule has 2 rings (SSSR count). The number of anilines is 1. The summed E-state index contributed by atoms with van der Waals surface area (Å²) in [5.74, 6) is 0.0486. The van der Waals surface area contributed by atoms with Gasteiger partial charge in [0.1, 0.15) is 0 Å². The summed E-state index contributed by atoms with van der Waals surface area (Å²) in [6.07, 6.45) is 1.03. The number of benzene rings is 1. The molecular weight excluding hydrogens is 214 g/mol. The molecule has 0 bridgehead atoms. The number of para-hydroxylation sites is 1. The van der Waals surface area contributed by atoms with Crippen LogP contribution in [0.5, 0.6) is 0 Å². The Kier molecular flexibility index (Phi) is 3.33. The van der Waals surface area contributed by atoms with Crippen LogP contribution in [0.2, 0.25) is 0 Å². The molecule has 1 heterocycles. The summed E-state index contributed by atoms with van der Waals surface area (Å²) in [5, 5.41) is 0. The maximum Gasteiger partial charge on any atom is 0.255 e. The molecule has 0 radical (unpaired) electrons. The Morgan fingerprint density at radius 2 is 2.12 bits per heavy atom. The van der Waals surface area contributed by atoms with Gasteiger partial charge in [-0.1, -0.05) is 12.1 Å². The van der Waals surface area contributed by atoms with Gasteiger partial charge < -0.3 is 15.5 Å². The molecule has 0 saturated carbocycles. The number of nitrogens with two attached hydrogens (primary N) is 1. The summed E-state index contributed by atoms with van der Waals surface area (Å²) in [6, 6.07) is 7.72. The number of carbonyl (C=O) groups excluding carboxylic acids is 1. The highest BCUT2D eigenvalue weighted by molar-refractivity contribution is 5.99. The lowest BCUT2D eigenvalue weighted by atomic mass is 10.1. The fourth-order valence-electron chi connectivity index (χ4n) is 2.21. The quantitative estimate of drug-likeness (QED) is 0.777. The number of likely N-dealkylation sites (N-methyl/N-ethyl adjacent to an activating group) is 1. The summed E-state index contributed by atoms with van der Waals surface area (Å²) < 4.78 is 0. The van der Waals surface area contributed by atoms with E-state index in [4.69, 9.17) is 5.73 Å². The van der Waals surface area contributed by atoms with Gasteiger partial charge in [-0.25, -0.2) is 0 Å². The first-order valence-electron chi connectivity index (χ1n) is 5.90. The van der Waals surface area contributed by atoms with Gasteiger partial charge in [0, 0.05) is 24.8 Å². The van der Waals surface area contributed by atoms with Crippen molar-refractivity contribution in [3.05, 3.63) is 29.8 Å². The molecule has 1 aliphatic rings. The van der Waals surface area contributed by atoms with E-state index < -0.39 is 0 Å². The number of likely N-dealkylation sites (tertiary alicyclic amines) is 1. The number of nitrogen functional groups attached to an aromatic ring is 1. The third-order valence-electron chi connectivity index (χ3n) is 3.37. The second kappa shape index (κ2) is 4.75. The normalized spacial score (nSPS) is 19.9. The van der Waals surface area contributed by atoms with Gasteiger partial charge in [-0.05, 0) is 32.6 Å². The van der Waals surface area contributed by atoms with Gasteiger partial charge in [-0.2, -0.15) is 0 Å². The fraction of sp³-hybridized carbons (Fsp3) is 0.462. The molecule has 1 saturated heterocycles. The first-order valence-corrected chi connectivity index (χ1v) is 5.90. The van der Waals surface area contributed by atoms with Crippen LogP contribution >= 0.6 is 0 Å². The number of rotatable bonds is 2. The van der Waals surface area contributed by atoms with Crippen LogP contribution in [0.3, 0.4) is 0 Å². The molecule has 1 atom stereocenters. The van der Waals surface area contributed by atoms with Crippen molar-refractivity contribution in [3.63, 3.8) is 0 Å². The van der Waals surface area contributed by atoms with Crippen LogP contribution in [0, 0.1) is 0 Å². The molecule has 4 heteroatoms. The van der Waals surface area contributed by atoms with Crippen LogP contribution in [0.1, 0.15) is 16.8 Å². The minimum Gasteiger partial charge on any atom is -0.398 e. The number of nitrogens with zero attached hydrogens (tertiary/aromatic N) is 2. The van der Waals surface area contributed by atoms with E-state index in [1.54, 1.807) is 12.1 Å². The van der Waals surface area contributed by atoms with Crippen molar-refractivity contribution in [1.82, 2.24) is 9.80 Å². The van der Waals surface area contributed by atoms with Crippen LogP contribution in [-0.2, 0) is 0 Å². The Labute approximate surface area is 102 Å². The van der Waals surface area contributed by atoms with Gasteiger partial charge in [0.05, 0.1) is 5.56 Å². The first kappa shape index (κ1) is 11.9. The third kappa shape index (κ3) is 2.42. The van der Waals surface area contributed by atoms with Gasteiger partial charge in [0.2, 0.25) is 0 Å². The molecule has 1 amide bonds. The summed E-state index contributed by atoms with van der Waals surface area (Å²) >= 11 is 0. The SMILES string of the molecule is CN(C)C1CCN(C(=O)c2ccccc2N)C1. The monoisotopic (exact) mass is 233 g/mol. The van der Waals surface area contributed by atoms with Crippen molar-refractivity contribution < 1.29 is 4.79 Å². The van der Waals surface area contributed by atoms with E-state index in [1.807, 2.05) is 17.0 Å². The van der Waals surface area contributed by atoms with Crippen molar-refractivity contribution >= 4 is 11.6 Å². The van der Waals surface area contributed by atoms with Crippen LogP contribution < -0.4 is 5.73 Å². The molecule has 2 N–H and O–H groups in total. The highest BCUT2D eigenvalue weighted by Crippen LogP contribution is 2.19. The molecule has 1 aromatic rings. The molecule has 0 spiro atoms. The van der Waals surface area contributed by atoms with E-state index in [2.05, 4.69) is 19.0 Å². The Hall–Kier alpha value is -1.55. The molecule has 92 valence electrons. The standard InChI is InChI=1S/C13H19N3O/c1-15(2)10-7-8-16(9-10)13(17)11-5-3-4-6-12(11)14/h3-6,10H,7-9,14H2,1-2H3. The van der Waals surface area contributed by atoms with Crippen molar-refractivity contribution in [2.75, 3.05) is 32.9 Å². The third-order valence-corrected chi connectivity index (χ3v) is 3.37. The van der Waals surface area contributed by atoms with Crippen LogP contribution in [0.15, 0.2) is 24.3 Å². The largest absolute Gasteiger partial charge is 0.398 e. The lowest BCUT2D eigenvalue weighted by Crippen LogP contribution is -2.34. The first-order chi connectivity index (χ1) is 8.09. The second-order valence-electron chi connectivity index (χ2n) is 4.74. The maximum absolute atomic E-state index is 12.3. The number of hydrogen-bond acceptors (Lipinski definition) is 3. The van der Waals surface area contributed by atoms with E-state index in [1.165, 1.54) is 0 Å². The summed E-state index contributed by atoms with van der Waals surface area (Å²) in [7, 11) is 4.10. The number of hydrogen-bond donors (Lipinski definition) is 1. The summed E-state index contributed by atoms with van der Waals surface area (Å²) in [4.78, 5) is 16.3. The molecule has 0 aromatic heterocycles. The molecule has 4 nitrogen and oxygen atoms in total. The van der Waals surface area contributed by atoms with Gasteiger partial charge in [-0.3, -0.25) is 4.79 Å². The van der Waals surface area contributed by atoms with Crippen molar-refractivity contribution in [3.8, 4) is 0 Å². The second-order valence-corrected chi connectivity index (χ2v) is 4.74. The van der Waals surface area contributed by atoms with E-state index in [9.17, 15) is 4.79 Å². The highest BCUT2D eigenvalue weighted by atomic mass is 16.2. The zero-order valence-corrected chi connectivity index (χ0v) is 10.4. The predicted octanol–water partition coefficient (Wildman–Crippen LogP) is 1.04. The van der Waals surface area contributed by atoms with Gasteiger partial charge in [0.15, 0.2) is 0 Å². The van der Waals surface area contributed by atoms with Crippen LogP contribution in [-0.4, -0.2) is 48.9 Å². The maximum atomic E-state index is 12.3. The van der Waals surface area contributed by atoms with Gasteiger partial charge >= 0.3 is 0 Å². The number of carbonyl (C=O) groups is 1. The average molecular weight is 233 g/mol.